The molecule has 0 bridgehead atoms. The summed E-state index contributed by atoms with van der Waals surface area (Å²) >= 11 is 0. The Balaban J connectivity index is 1.98. The number of rotatable bonds is 7. The highest BCUT2D eigenvalue weighted by molar-refractivity contribution is 5.75. The van der Waals surface area contributed by atoms with Crippen molar-refractivity contribution in [2.24, 2.45) is 0 Å². The number of hydrogen-bond acceptors (Lipinski definition) is 3. The standard InChI is InChI=1S/C15H20F2N2O3/c1-10(11-3-2-4-13(9-11)22-14(16)17)18-15(21)19(7-8-20)12-5-6-12/h2-4,9-10,12,14,20H,5-8H2,1H3,(H,18,21). The number of halogens is 2. The second-order valence-electron chi connectivity index (χ2n) is 5.27. The van der Waals surface area contributed by atoms with Gasteiger partial charge in [-0.25, -0.2) is 4.79 Å². The van der Waals surface area contributed by atoms with Gasteiger partial charge in [-0.2, -0.15) is 8.78 Å². The molecule has 2 rings (SSSR count). The number of aliphatic hydroxyl groups is 1. The summed E-state index contributed by atoms with van der Waals surface area (Å²) in [5.41, 5.74) is 0.672. The first kappa shape index (κ1) is 16.5. The van der Waals surface area contributed by atoms with Gasteiger partial charge in [0.25, 0.3) is 0 Å². The number of alkyl halides is 2. The number of hydrogen-bond donors (Lipinski definition) is 2. The molecule has 0 aliphatic heterocycles. The molecule has 1 saturated carbocycles. The molecule has 0 aromatic heterocycles. The molecular weight excluding hydrogens is 294 g/mol. The van der Waals surface area contributed by atoms with Crippen LogP contribution in [0.1, 0.15) is 31.4 Å². The molecule has 0 saturated heterocycles. The van der Waals surface area contributed by atoms with E-state index in [1.807, 2.05) is 0 Å². The number of carbonyl (C=O) groups excluding carboxylic acids is 1. The molecular formula is C15H20F2N2O3. The van der Waals surface area contributed by atoms with Gasteiger partial charge < -0.3 is 20.1 Å². The molecule has 22 heavy (non-hydrogen) atoms. The maximum atomic E-state index is 12.2. The van der Waals surface area contributed by atoms with Crippen LogP contribution in [0.5, 0.6) is 5.75 Å². The van der Waals surface area contributed by atoms with Gasteiger partial charge in [-0.15, -0.1) is 0 Å². The number of aliphatic hydroxyl groups excluding tert-OH is 1. The third-order valence-electron chi connectivity index (χ3n) is 3.51. The van der Waals surface area contributed by atoms with E-state index in [0.717, 1.165) is 12.8 Å². The summed E-state index contributed by atoms with van der Waals surface area (Å²) in [6.07, 6.45) is 1.89. The van der Waals surface area contributed by atoms with Gasteiger partial charge in [0.1, 0.15) is 5.75 Å². The molecule has 1 aliphatic rings. The fraction of sp³-hybridized carbons (Fsp3) is 0.533. The zero-order valence-corrected chi connectivity index (χ0v) is 12.3. The van der Waals surface area contributed by atoms with E-state index in [-0.39, 0.29) is 37.0 Å². The van der Waals surface area contributed by atoms with Gasteiger partial charge in [-0.1, -0.05) is 12.1 Å². The molecule has 1 atom stereocenters. The van der Waals surface area contributed by atoms with Crippen molar-refractivity contribution in [1.82, 2.24) is 10.2 Å². The van der Waals surface area contributed by atoms with Crippen LogP contribution < -0.4 is 10.1 Å². The molecule has 0 spiro atoms. The van der Waals surface area contributed by atoms with Crippen LogP contribution in [0, 0.1) is 0 Å². The van der Waals surface area contributed by atoms with E-state index in [0.29, 0.717) is 5.56 Å². The zero-order chi connectivity index (χ0) is 16.1. The van der Waals surface area contributed by atoms with Crippen molar-refractivity contribution in [3.8, 4) is 5.75 Å². The first-order valence-electron chi connectivity index (χ1n) is 7.24. The van der Waals surface area contributed by atoms with Gasteiger partial charge in [0.2, 0.25) is 0 Å². The van der Waals surface area contributed by atoms with Gasteiger partial charge in [0, 0.05) is 12.6 Å². The Labute approximate surface area is 127 Å². The van der Waals surface area contributed by atoms with Crippen molar-refractivity contribution < 1.29 is 23.4 Å². The molecule has 2 amide bonds. The number of carbonyl (C=O) groups is 1. The molecule has 2 N–H and O–H groups in total. The van der Waals surface area contributed by atoms with Gasteiger partial charge in [-0.05, 0) is 37.5 Å². The van der Waals surface area contributed by atoms with Crippen LogP contribution in [0.3, 0.4) is 0 Å². The molecule has 1 fully saturated rings. The summed E-state index contributed by atoms with van der Waals surface area (Å²) in [5.74, 6) is 0.0583. The number of amides is 2. The Hall–Kier alpha value is -1.89. The van der Waals surface area contributed by atoms with Crippen molar-refractivity contribution in [2.75, 3.05) is 13.2 Å². The molecule has 1 aromatic rings. The fourth-order valence-corrected chi connectivity index (χ4v) is 2.26. The highest BCUT2D eigenvalue weighted by Gasteiger charge is 2.32. The quantitative estimate of drug-likeness (QED) is 0.813. The predicted molar refractivity (Wildman–Crippen MR) is 76.8 cm³/mol. The molecule has 1 aromatic carbocycles. The topological polar surface area (TPSA) is 61.8 Å². The van der Waals surface area contributed by atoms with E-state index >= 15 is 0 Å². The van der Waals surface area contributed by atoms with E-state index in [9.17, 15) is 13.6 Å². The third-order valence-corrected chi connectivity index (χ3v) is 3.51. The van der Waals surface area contributed by atoms with Crippen LogP contribution in [-0.4, -0.2) is 41.8 Å². The summed E-state index contributed by atoms with van der Waals surface area (Å²) in [5, 5.41) is 11.8. The normalized spacial score (nSPS) is 15.5. The van der Waals surface area contributed by atoms with Crippen molar-refractivity contribution >= 4 is 6.03 Å². The second-order valence-corrected chi connectivity index (χ2v) is 5.27. The number of ether oxygens (including phenoxy) is 1. The number of nitrogens with one attached hydrogen (secondary N) is 1. The van der Waals surface area contributed by atoms with Crippen molar-refractivity contribution in [3.05, 3.63) is 29.8 Å². The summed E-state index contributed by atoms with van der Waals surface area (Å²) < 4.78 is 28.8. The average molecular weight is 314 g/mol. The van der Waals surface area contributed by atoms with Crippen LogP contribution in [-0.2, 0) is 0 Å². The van der Waals surface area contributed by atoms with Crippen LogP contribution in [0.25, 0.3) is 0 Å². The van der Waals surface area contributed by atoms with Crippen molar-refractivity contribution in [2.45, 2.75) is 38.5 Å². The van der Waals surface area contributed by atoms with E-state index in [2.05, 4.69) is 10.1 Å². The van der Waals surface area contributed by atoms with Gasteiger partial charge in [0.15, 0.2) is 0 Å². The molecule has 7 heteroatoms. The molecule has 1 aliphatic carbocycles. The molecule has 122 valence electrons. The molecule has 0 heterocycles. The largest absolute Gasteiger partial charge is 0.435 e. The number of urea groups is 1. The Kier molecular flexibility index (Phi) is 5.54. The van der Waals surface area contributed by atoms with E-state index in [4.69, 9.17) is 5.11 Å². The van der Waals surface area contributed by atoms with E-state index in [1.54, 1.807) is 24.0 Å². The number of benzene rings is 1. The van der Waals surface area contributed by atoms with Gasteiger partial charge in [0.05, 0.1) is 12.6 Å². The van der Waals surface area contributed by atoms with Crippen molar-refractivity contribution in [3.63, 3.8) is 0 Å². The molecule has 0 radical (unpaired) electrons. The lowest BCUT2D eigenvalue weighted by atomic mass is 10.1. The third kappa shape index (κ3) is 4.56. The average Bonchev–Trinajstić information content (AvgIpc) is 3.28. The monoisotopic (exact) mass is 314 g/mol. The summed E-state index contributed by atoms with van der Waals surface area (Å²) in [7, 11) is 0. The van der Waals surface area contributed by atoms with E-state index in [1.165, 1.54) is 12.1 Å². The Morgan fingerprint density at radius 1 is 1.50 bits per heavy atom. The Bertz CT molecular complexity index is 509. The maximum absolute atomic E-state index is 12.2. The summed E-state index contributed by atoms with van der Waals surface area (Å²) in [4.78, 5) is 13.8. The maximum Gasteiger partial charge on any atom is 0.387 e. The van der Waals surface area contributed by atoms with Gasteiger partial charge >= 0.3 is 12.6 Å². The predicted octanol–water partition coefficient (Wildman–Crippen LogP) is 2.52. The van der Waals surface area contributed by atoms with Crippen LogP contribution in [0.15, 0.2) is 24.3 Å². The minimum absolute atomic E-state index is 0.0583. The Morgan fingerprint density at radius 3 is 2.82 bits per heavy atom. The second kappa shape index (κ2) is 7.40. The summed E-state index contributed by atoms with van der Waals surface area (Å²) in [6.45, 7) is -0.910. The lowest BCUT2D eigenvalue weighted by molar-refractivity contribution is -0.0499. The lowest BCUT2D eigenvalue weighted by Crippen LogP contribution is -2.43. The fourth-order valence-electron chi connectivity index (χ4n) is 2.26. The van der Waals surface area contributed by atoms with E-state index < -0.39 is 6.61 Å². The minimum Gasteiger partial charge on any atom is -0.435 e. The summed E-state index contributed by atoms with van der Waals surface area (Å²) in [6, 6.07) is 5.82. The van der Waals surface area contributed by atoms with Crippen LogP contribution in [0.2, 0.25) is 0 Å². The first-order valence-corrected chi connectivity index (χ1v) is 7.24. The van der Waals surface area contributed by atoms with Gasteiger partial charge in [-0.3, -0.25) is 0 Å². The van der Waals surface area contributed by atoms with Crippen LogP contribution in [0.4, 0.5) is 13.6 Å². The highest BCUT2D eigenvalue weighted by atomic mass is 19.3. The zero-order valence-electron chi connectivity index (χ0n) is 12.3. The Morgan fingerprint density at radius 2 is 2.23 bits per heavy atom. The van der Waals surface area contributed by atoms with Crippen LogP contribution >= 0.6 is 0 Å². The SMILES string of the molecule is CC(NC(=O)N(CCO)C1CC1)c1cccc(OC(F)F)c1. The first-order chi connectivity index (χ1) is 10.5. The molecule has 5 nitrogen and oxygen atoms in total. The highest BCUT2D eigenvalue weighted by Crippen LogP contribution is 2.27. The number of nitrogens with zero attached hydrogens (tertiary/aromatic N) is 1. The lowest BCUT2D eigenvalue weighted by Gasteiger charge is -2.24. The van der Waals surface area contributed by atoms with Crippen molar-refractivity contribution in [1.29, 1.82) is 0 Å². The minimum atomic E-state index is -2.88. The molecule has 1 unspecified atom stereocenters. The smallest absolute Gasteiger partial charge is 0.387 e.